The zero-order chi connectivity index (χ0) is 23.9. The molecule has 5 rings (SSSR count). The van der Waals surface area contributed by atoms with Gasteiger partial charge in [0, 0.05) is 12.1 Å². The largest absolute Gasteiger partial charge is 0.497 e. The Morgan fingerprint density at radius 3 is 2.41 bits per heavy atom. The molecule has 0 aromatic heterocycles. The van der Waals surface area contributed by atoms with Gasteiger partial charge in [0.15, 0.2) is 17.0 Å². The number of rotatable bonds is 4. The van der Waals surface area contributed by atoms with E-state index in [0.29, 0.717) is 11.3 Å². The minimum Gasteiger partial charge on any atom is -0.497 e. The van der Waals surface area contributed by atoms with Gasteiger partial charge in [-0.3, -0.25) is 0 Å². The summed E-state index contributed by atoms with van der Waals surface area (Å²) >= 11 is 0. The summed E-state index contributed by atoms with van der Waals surface area (Å²) in [7, 11) is 3.00. The SMILES string of the molecule is COc1cccc([C@@H]2[C@@H](c3ccc(OC)c(F)c3)N3C=Cc4ccccc4[C@@H]3C2(C#N)C#N)c1. The fourth-order valence-electron chi connectivity index (χ4n) is 5.45. The Kier molecular flexibility index (Phi) is 5.23. The lowest BCUT2D eigenvalue weighted by Crippen LogP contribution is -2.31. The van der Waals surface area contributed by atoms with Crippen LogP contribution in [0, 0.1) is 33.9 Å². The lowest BCUT2D eigenvalue weighted by Gasteiger charge is -2.35. The Morgan fingerprint density at radius 1 is 0.912 bits per heavy atom. The predicted octanol–water partition coefficient (Wildman–Crippen LogP) is 5.74. The molecule has 0 N–H and O–H groups in total. The Bertz CT molecular complexity index is 1360. The van der Waals surface area contributed by atoms with Crippen LogP contribution in [0.4, 0.5) is 4.39 Å². The first-order chi connectivity index (χ1) is 16.6. The summed E-state index contributed by atoms with van der Waals surface area (Å²) in [6, 6.07) is 23.8. The third-order valence-electron chi connectivity index (χ3n) is 6.91. The molecule has 2 aliphatic heterocycles. The standard InChI is InChI=1S/C28H22FN3O2/c1-33-21-8-5-7-19(14-21)25-26(20-10-11-24(34-2)23(29)15-20)32-13-12-18-6-3-4-9-22(18)27(32)28(25,16-30)17-31/h3-15,25-27H,1-2H3/t25-,26-,27-/m1/s1. The van der Waals surface area contributed by atoms with Crippen LogP contribution in [0.3, 0.4) is 0 Å². The lowest BCUT2D eigenvalue weighted by atomic mass is 9.67. The first-order valence-electron chi connectivity index (χ1n) is 10.9. The third kappa shape index (κ3) is 3.03. The van der Waals surface area contributed by atoms with Crippen LogP contribution < -0.4 is 9.47 Å². The number of methoxy groups -OCH3 is 2. The molecule has 1 saturated heterocycles. The molecular formula is C28H22FN3O2. The second kappa shape index (κ2) is 8.24. The van der Waals surface area contributed by atoms with Crippen molar-refractivity contribution in [2.24, 2.45) is 5.41 Å². The molecule has 0 unspecified atom stereocenters. The summed E-state index contributed by atoms with van der Waals surface area (Å²) < 4.78 is 25.4. The minimum atomic E-state index is -1.44. The molecule has 1 fully saturated rings. The molecule has 34 heavy (non-hydrogen) atoms. The normalized spacial score (nSPS) is 21.7. The van der Waals surface area contributed by atoms with Gasteiger partial charge in [0.25, 0.3) is 0 Å². The predicted molar refractivity (Wildman–Crippen MR) is 125 cm³/mol. The molecule has 3 atom stereocenters. The van der Waals surface area contributed by atoms with E-state index in [9.17, 15) is 14.9 Å². The number of nitriles is 2. The van der Waals surface area contributed by atoms with E-state index < -0.39 is 29.2 Å². The number of fused-ring (bicyclic) bond motifs is 3. The van der Waals surface area contributed by atoms with Crippen molar-refractivity contribution in [2.75, 3.05) is 14.2 Å². The first kappa shape index (κ1) is 21.6. The fourth-order valence-corrected chi connectivity index (χ4v) is 5.45. The Hall–Kier alpha value is -4.29. The van der Waals surface area contributed by atoms with Gasteiger partial charge in [0.05, 0.1) is 38.4 Å². The van der Waals surface area contributed by atoms with Crippen molar-refractivity contribution in [1.82, 2.24) is 4.90 Å². The van der Waals surface area contributed by atoms with Gasteiger partial charge in [-0.1, -0.05) is 42.5 Å². The summed E-state index contributed by atoms with van der Waals surface area (Å²) in [4.78, 5) is 2.03. The number of ether oxygens (including phenoxy) is 2. The van der Waals surface area contributed by atoms with Gasteiger partial charge < -0.3 is 14.4 Å². The van der Waals surface area contributed by atoms with Crippen molar-refractivity contribution in [2.45, 2.75) is 18.0 Å². The van der Waals surface area contributed by atoms with E-state index in [2.05, 4.69) is 12.1 Å². The fraction of sp³-hybridized carbons (Fsp3) is 0.214. The lowest BCUT2D eigenvalue weighted by molar-refractivity contribution is 0.254. The summed E-state index contributed by atoms with van der Waals surface area (Å²) in [5.74, 6) is -0.301. The number of benzene rings is 3. The molecule has 0 bridgehead atoms. The van der Waals surface area contributed by atoms with E-state index in [0.717, 1.165) is 16.7 Å². The maximum atomic E-state index is 14.9. The van der Waals surface area contributed by atoms with Crippen LogP contribution in [-0.4, -0.2) is 19.1 Å². The van der Waals surface area contributed by atoms with E-state index in [-0.39, 0.29) is 5.75 Å². The molecule has 2 heterocycles. The molecule has 0 aliphatic carbocycles. The van der Waals surface area contributed by atoms with Crippen LogP contribution in [-0.2, 0) is 0 Å². The summed E-state index contributed by atoms with van der Waals surface area (Å²) in [6.45, 7) is 0. The highest BCUT2D eigenvalue weighted by Gasteiger charge is 2.62. The first-order valence-corrected chi connectivity index (χ1v) is 10.9. The zero-order valence-electron chi connectivity index (χ0n) is 18.8. The molecule has 0 radical (unpaired) electrons. The Morgan fingerprint density at radius 2 is 1.71 bits per heavy atom. The van der Waals surface area contributed by atoms with Crippen molar-refractivity contribution in [3.63, 3.8) is 0 Å². The molecule has 3 aromatic rings. The highest BCUT2D eigenvalue weighted by Crippen LogP contribution is 2.64. The van der Waals surface area contributed by atoms with E-state index in [1.54, 1.807) is 19.2 Å². The molecule has 168 valence electrons. The molecule has 6 heteroatoms. The maximum absolute atomic E-state index is 14.9. The average Bonchev–Trinajstić information content (AvgIpc) is 3.19. The van der Waals surface area contributed by atoms with Crippen molar-refractivity contribution in [1.29, 1.82) is 10.5 Å². The molecular weight excluding hydrogens is 429 g/mol. The van der Waals surface area contributed by atoms with E-state index in [1.165, 1.54) is 13.2 Å². The highest BCUT2D eigenvalue weighted by atomic mass is 19.1. The Balaban J connectivity index is 1.80. The topological polar surface area (TPSA) is 69.3 Å². The number of hydrogen-bond acceptors (Lipinski definition) is 5. The molecule has 3 aromatic carbocycles. The van der Waals surface area contributed by atoms with Crippen molar-refractivity contribution in [3.05, 3.63) is 101 Å². The number of nitrogens with zero attached hydrogens (tertiary/aromatic N) is 3. The van der Waals surface area contributed by atoms with E-state index in [1.807, 2.05) is 65.7 Å². The molecule has 5 nitrogen and oxygen atoms in total. The van der Waals surface area contributed by atoms with Gasteiger partial charge >= 0.3 is 0 Å². The second-order valence-corrected chi connectivity index (χ2v) is 8.48. The van der Waals surface area contributed by atoms with E-state index in [4.69, 9.17) is 9.47 Å². The number of halogens is 1. The van der Waals surface area contributed by atoms with Crippen LogP contribution in [0.2, 0.25) is 0 Å². The summed E-state index contributed by atoms with van der Waals surface area (Å²) in [6.07, 6.45) is 3.90. The van der Waals surface area contributed by atoms with Crippen molar-refractivity contribution in [3.8, 4) is 23.6 Å². The monoisotopic (exact) mass is 451 g/mol. The summed E-state index contributed by atoms with van der Waals surface area (Å²) in [5, 5.41) is 21.2. The van der Waals surface area contributed by atoms with Crippen LogP contribution in [0.1, 0.15) is 40.3 Å². The summed E-state index contributed by atoms with van der Waals surface area (Å²) in [5.41, 5.74) is 1.87. The maximum Gasteiger partial charge on any atom is 0.177 e. The van der Waals surface area contributed by atoms with Gasteiger partial charge in [0.2, 0.25) is 0 Å². The number of hydrogen-bond donors (Lipinski definition) is 0. The van der Waals surface area contributed by atoms with Crippen LogP contribution in [0.25, 0.3) is 6.08 Å². The van der Waals surface area contributed by atoms with E-state index >= 15 is 0 Å². The molecule has 2 aliphatic rings. The van der Waals surface area contributed by atoms with Crippen LogP contribution in [0.15, 0.2) is 72.9 Å². The van der Waals surface area contributed by atoms with Crippen molar-refractivity contribution >= 4 is 6.08 Å². The minimum absolute atomic E-state index is 0.141. The molecule has 0 saturated carbocycles. The van der Waals surface area contributed by atoms with Gasteiger partial charge in [-0.05, 0) is 52.6 Å². The highest BCUT2D eigenvalue weighted by molar-refractivity contribution is 5.61. The van der Waals surface area contributed by atoms with Gasteiger partial charge in [-0.25, -0.2) is 4.39 Å². The van der Waals surface area contributed by atoms with Gasteiger partial charge in [-0.2, -0.15) is 10.5 Å². The Labute approximate surface area is 197 Å². The van der Waals surface area contributed by atoms with Crippen molar-refractivity contribution < 1.29 is 13.9 Å². The van der Waals surface area contributed by atoms with Gasteiger partial charge in [0.1, 0.15) is 5.75 Å². The molecule has 0 spiro atoms. The quantitative estimate of drug-likeness (QED) is 0.506. The van der Waals surface area contributed by atoms with Crippen LogP contribution >= 0.6 is 0 Å². The van der Waals surface area contributed by atoms with Crippen LogP contribution in [0.5, 0.6) is 11.5 Å². The zero-order valence-corrected chi connectivity index (χ0v) is 18.8. The second-order valence-electron chi connectivity index (χ2n) is 8.48. The smallest absolute Gasteiger partial charge is 0.177 e. The van der Waals surface area contributed by atoms with Gasteiger partial charge in [-0.15, -0.1) is 0 Å². The average molecular weight is 452 g/mol. The third-order valence-corrected chi connectivity index (χ3v) is 6.91. The molecule has 0 amide bonds.